The summed E-state index contributed by atoms with van der Waals surface area (Å²) in [6.45, 7) is 0.773. The second-order valence-corrected chi connectivity index (χ2v) is 7.83. The number of azo groups is 1. The molecule has 1 aliphatic rings. The molecule has 1 heterocycles. The Bertz CT molecular complexity index is 1190. The van der Waals surface area contributed by atoms with E-state index in [0.717, 1.165) is 24.2 Å². The van der Waals surface area contributed by atoms with Crippen LogP contribution in [0.2, 0.25) is 0 Å². The Morgan fingerprint density at radius 3 is 2.35 bits per heavy atom. The average Bonchev–Trinajstić information content (AvgIpc) is 3.27. The zero-order chi connectivity index (χ0) is 23.8. The molecular weight excluding hydrogens is 432 g/mol. The second kappa shape index (κ2) is 11.0. The highest BCUT2D eigenvalue weighted by Gasteiger charge is 2.20. The van der Waals surface area contributed by atoms with Crippen LogP contribution in [0.25, 0.3) is 0 Å². The molecule has 0 atom stereocenters. The predicted octanol–water partition coefficient (Wildman–Crippen LogP) is 5.02. The fourth-order valence-electron chi connectivity index (χ4n) is 3.52. The molecule has 0 bridgehead atoms. The van der Waals surface area contributed by atoms with Gasteiger partial charge in [-0.25, -0.2) is 4.79 Å². The molecule has 1 saturated heterocycles. The van der Waals surface area contributed by atoms with Gasteiger partial charge in [-0.1, -0.05) is 30.3 Å². The largest absolute Gasteiger partial charge is 0.452 e. The number of ether oxygens (including phenoxy) is 1. The van der Waals surface area contributed by atoms with Crippen LogP contribution >= 0.6 is 0 Å². The van der Waals surface area contributed by atoms with E-state index in [1.807, 2.05) is 36.4 Å². The van der Waals surface area contributed by atoms with Gasteiger partial charge in [-0.2, -0.15) is 10.2 Å². The topological polar surface area (TPSA) is 100 Å². The third kappa shape index (κ3) is 6.35. The molecule has 172 valence electrons. The van der Waals surface area contributed by atoms with E-state index in [0.29, 0.717) is 29.9 Å². The fraction of sp³-hybridized carbons (Fsp3) is 0.192. The molecule has 0 radical (unpaired) electrons. The lowest BCUT2D eigenvalue weighted by Gasteiger charge is -2.15. The third-order valence-electron chi connectivity index (χ3n) is 5.23. The number of nitrogens with one attached hydrogen (secondary N) is 1. The molecule has 3 aromatic rings. The molecule has 4 rings (SSSR count). The van der Waals surface area contributed by atoms with Gasteiger partial charge in [0.15, 0.2) is 6.61 Å². The van der Waals surface area contributed by atoms with Crippen LogP contribution in [0, 0.1) is 0 Å². The first kappa shape index (κ1) is 22.8. The van der Waals surface area contributed by atoms with Crippen LogP contribution in [0.5, 0.6) is 0 Å². The predicted molar refractivity (Wildman–Crippen MR) is 127 cm³/mol. The molecule has 34 heavy (non-hydrogen) atoms. The summed E-state index contributed by atoms with van der Waals surface area (Å²) < 4.78 is 5.15. The van der Waals surface area contributed by atoms with Gasteiger partial charge < -0.3 is 15.0 Å². The Balaban J connectivity index is 1.26. The van der Waals surface area contributed by atoms with Crippen LogP contribution in [0.15, 0.2) is 89.1 Å². The first-order chi connectivity index (χ1) is 16.6. The van der Waals surface area contributed by atoms with Gasteiger partial charge in [0.25, 0.3) is 5.91 Å². The van der Waals surface area contributed by atoms with E-state index in [1.165, 1.54) is 0 Å². The van der Waals surface area contributed by atoms with E-state index in [9.17, 15) is 14.4 Å². The van der Waals surface area contributed by atoms with Crippen molar-refractivity contribution >= 4 is 34.8 Å². The van der Waals surface area contributed by atoms with Crippen LogP contribution in [-0.2, 0) is 20.9 Å². The van der Waals surface area contributed by atoms with E-state index >= 15 is 0 Å². The maximum absolute atomic E-state index is 12.4. The number of carbonyl (C=O) groups is 3. The normalized spacial score (nSPS) is 13.3. The van der Waals surface area contributed by atoms with Gasteiger partial charge in [-0.05, 0) is 60.5 Å². The number of amides is 2. The Morgan fingerprint density at radius 1 is 0.912 bits per heavy atom. The number of hydrogen-bond donors (Lipinski definition) is 1. The maximum atomic E-state index is 12.4. The van der Waals surface area contributed by atoms with Crippen LogP contribution in [-0.4, -0.2) is 35.8 Å². The summed E-state index contributed by atoms with van der Waals surface area (Å²) in [4.78, 5) is 38.2. The molecule has 1 fully saturated rings. The smallest absolute Gasteiger partial charge is 0.338 e. The number of nitrogens with zero attached hydrogens (tertiary/aromatic N) is 3. The number of likely N-dealkylation sites (tertiary alicyclic amines) is 1. The Morgan fingerprint density at radius 2 is 1.65 bits per heavy atom. The van der Waals surface area contributed by atoms with Crippen LogP contribution in [0.3, 0.4) is 0 Å². The standard InChI is InChI=1S/C26H24N4O4/c31-24(27-21-11-13-23(14-12-21)29-28-22-8-2-1-3-9-22)18-34-26(33)20-7-4-6-19(16-20)17-30-15-5-10-25(30)32/h1-4,6-9,11-14,16H,5,10,15,17-18H2,(H,27,31). The Hall–Kier alpha value is -4.33. The number of rotatable bonds is 8. The monoisotopic (exact) mass is 456 g/mol. The van der Waals surface area contributed by atoms with Crippen molar-refractivity contribution in [2.24, 2.45) is 10.2 Å². The Kier molecular flexibility index (Phi) is 7.39. The summed E-state index contributed by atoms with van der Waals surface area (Å²) in [6, 6.07) is 23.1. The Labute approximate surface area is 197 Å². The third-order valence-corrected chi connectivity index (χ3v) is 5.23. The molecule has 3 aromatic carbocycles. The molecule has 0 aliphatic carbocycles. The van der Waals surface area contributed by atoms with Crippen LogP contribution in [0.4, 0.5) is 17.1 Å². The van der Waals surface area contributed by atoms with Gasteiger partial charge in [-0.3, -0.25) is 9.59 Å². The number of benzene rings is 3. The lowest BCUT2D eigenvalue weighted by molar-refractivity contribution is -0.128. The van der Waals surface area contributed by atoms with Crippen molar-refractivity contribution in [3.05, 3.63) is 90.0 Å². The van der Waals surface area contributed by atoms with E-state index < -0.39 is 18.5 Å². The molecule has 8 nitrogen and oxygen atoms in total. The molecule has 8 heteroatoms. The second-order valence-electron chi connectivity index (χ2n) is 7.83. The van der Waals surface area contributed by atoms with Crippen molar-refractivity contribution in [3.8, 4) is 0 Å². The lowest BCUT2D eigenvalue weighted by Crippen LogP contribution is -2.24. The quantitative estimate of drug-likeness (QED) is 0.380. The fourth-order valence-corrected chi connectivity index (χ4v) is 3.52. The lowest BCUT2D eigenvalue weighted by atomic mass is 10.1. The highest BCUT2D eigenvalue weighted by molar-refractivity contribution is 5.95. The van der Waals surface area contributed by atoms with Gasteiger partial charge >= 0.3 is 5.97 Å². The average molecular weight is 457 g/mol. The van der Waals surface area contributed by atoms with Gasteiger partial charge in [-0.15, -0.1) is 0 Å². The zero-order valence-electron chi connectivity index (χ0n) is 18.5. The van der Waals surface area contributed by atoms with E-state index in [2.05, 4.69) is 15.5 Å². The van der Waals surface area contributed by atoms with Crippen molar-refractivity contribution in [2.45, 2.75) is 19.4 Å². The SMILES string of the molecule is O=C(COC(=O)c1cccc(CN2CCCC2=O)c1)Nc1ccc(N=Nc2ccccc2)cc1. The molecule has 2 amide bonds. The number of anilines is 1. The summed E-state index contributed by atoms with van der Waals surface area (Å²) in [5.41, 5.74) is 3.13. The number of esters is 1. The van der Waals surface area contributed by atoms with Gasteiger partial charge in [0.05, 0.1) is 16.9 Å². The van der Waals surface area contributed by atoms with E-state index in [1.54, 1.807) is 47.4 Å². The van der Waals surface area contributed by atoms with Crippen LogP contribution in [0.1, 0.15) is 28.8 Å². The molecular formula is C26H24N4O4. The van der Waals surface area contributed by atoms with Gasteiger partial charge in [0, 0.05) is 25.2 Å². The summed E-state index contributed by atoms with van der Waals surface area (Å²) >= 11 is 0. The van der Waals surface area contributed by atoms with Crippen molar-refractivity contribution in [3.63, 3.8) is 0 Å². The molecule has 0 aromatic heterocycles. The number of carbonyl (C=O) groups excluding carboxylic acids is 3. The van der Waals surface area contributed by atoms with E-state index in [4.69, 9.17) is 4.74 Å². The first-order valence-electron chi connectivity index (χ1n) is 11.0. The zero-order valence-corrected chi connectivity index (χ0v) is 18.5. The minimum Gasteiger partial charge on any atom is -0.452 e. The van der Waals surface area contributed by atoms with Crippen molar-refractivity contribution in [2.75, 3.05) is 18.5 Å². The molecule has 1 N–H and O–H groups in total. The van der Waals surface area contributed by atoms with Crippen LogP contribution < -0.4 is 5.32 Å². The molecule has 1 aliphatic heterocycles. The van der Waals surface area contributed by atoms with Crippen molar-refractivity contribution in [1.82, 2.24) is 4.90 Å². The highest BCUT2D eigenvalue weighted by Crippen LogP contribution is 2.20. The molecule has 0 saturated carbocycles. The maximum Gasteiger partial charge on any atom is 0.338 e. The van der Waals surface area contributed by atoms with Crippen molar-refractivity contribution in [1.29, 1.82) is 0 Å². The molecule has 0 spiro atoms. The highest BCUT2D eigenvalue weighted by atomic mass is 16.5. The van der Waals surface area contributed by atoms with Crippen molar-refractivity contribution < 1.29 is 19.1 Å². The van der Waals surface area contributed by atoms with Gasteiger partial charge in [0.2, 0.25) is 5.91 Å². The summed E-state index contributed by atoms with van der Waals surface area (Å²) in [6.07, 6.45) is 1.42. The minimum atomic E-state index is -0.596. The molecule has 0 unspecified atom stereocenters. The number of hydrogen-bond acceptors (Lipinski definition) is 6. The van der Waals surface area contributed by atoms with Gasteiger partial charge in [0.1, 0.15) is 0 Å². The summed E-state index contributed by atoms with van der Waals surface area (Å²) in [5, 5.41) is 11.0. The minimum absolute atomic E-state index is 0.122. The summed E-state index contributed by atoms with van der Waals surface area (Å²) in [5.74, 6) is -0.927. The van der Waals surface area contributed by atoms with E-state index in [-0.39, 0.29) is 5.91 Å². The first-order valence-corrected chi connectivity index (χ1v) is 11.0. The summed E-state index contributed by atoms with van der Waals surface area (Å²) in [7, 11) is 0.